The predicted molar refractivity (Wildman–Crippen MR) is 86.7 cm³/mol. The number of hydrogen-bond donors (Lipinski definition) is 0. The highest BCUT2D eigenvalue weighted by Crippen LogP contribution is 2.35. The fourth-order valence-electron chi connectivity index (χ4n) is 3.14. The molecule has 1 saturated heterocycles. The molecule has 3 aromatic heterocycles. The van der Waals surface area contributed by atoms with Crippen molar-refractivity contribution in [2.24, 2.45) is 7.05 Å². The fourth-order valence-corrected chi connectivity index (χ4v) is 3.14. The fraction of sp³-hybridized carbons (Fsp3) is 0.400. The molecule has 0 aliphatic carbocycles. The Morgan fingerprint density at radius 2 is 2.00 bits per heavy atom. The largest absolute Gasteiger partial charge is 0.433 e. The first-order valence-electron chi connectivity index (χ1n) is 7.82. The van der Waals surface area contributed by atoms with Crippen LogP contribution in [-0.2, 0) is 7.05 Å². The second-order valence-electron chi connectivity index (χ2n) is 5.81. The molecule has 0 bridgehead atoms. The molecule has 4 heterocycles. The van der Waals surface area contributed by atoms with Gasteiger partial charge in [-0.3, -0.25) is 10.1 Å². The highest BCUT2D eigenvalue weighted by molar-refractivity contribution is 5.98. The Morgan fingerprint density at radius 1 is 1.21 bits per heavy atom. The van der Waals surface area contributed by atoms with Gasteiger partial charge in [-0.25, -0.2) is 14.6 Å². The van der Waals surface area contributed by atoms with Crippen molar-refractivity contribution in [3.63, 3.8) is 0 Å². The molecule has 0 radical (unpaired) electrons. The number of piperidine rings is 1. The lowest BCUT2D eigenvalue weighted by atomic mass is 10.1. The zero-order chi connectivity index (χ0) is 16.7. The van der Waals surface area contributed by atoms with Gasteiger partial charge in [-0.05, 0) is 25.3 Å². The number of hydrogen-bond acceptors (Lipinski definition) is 7. The minimum atomic E-state index is -0.559. The summed E-state index contributed by atoms with van der Waals surface area (Å²) in [7, 11) is 1.79. The summed E-state index contributed by atoms with van der Waals surface area (Å²) in [6.45, 7) is 1.86. The molecule has 0 amide bonds. The van der Waals surface area contributed by atoms with Gasteiger partial charge in [0.05, 0.1) is 11.5 Å². The maximum Gasteiger partial charge on any atom is 0.433 e. The van der Waals surface area contributed by atoms with Crippen molar-refractivity contribution in [2.45, 2.75) is 19.3 Å². The molecular weight excluding hydrogens is 312 g/mol. The molecule has 0 aromatic carbocycles. The van der Waals surface area contributed by atoms with E-state index in [0.717, 1.165) is 37.1 Å². The van der Waals surface area contributed by atoms with Crippen molar-refractivity contribution in [1.82, 2.24) is 19.7 Å². The number of nitro groups is 1. The maximum absolute atomic E-state index is 10.9. The van der Waals surface area contributed by atoms with Crippen molar-refractivity contribution in [2.75, 3.05) is 18.0 Å². The molecule has 9 nitrogen and oxygen atoms in total. The van der Waals surface area contributed by atoms with Crippen molar-refractivity contribution in [3.05, 3.63) is 28.6 Å². The summed E-state index contributed by atoms with van der Waals surface area (Å²) < 4.78 is 6.99. The molecule has 24 heavy (non-hydrogen) atoms. The summed E-state index contributed by atoms with van der Waals surface area (Å²) in [6.07, 6.45) is 4.98. The van der Waals surface area contributed by atoms with Gasteiger partial charge in [-0.2, -0.15) is 5.10 Å². The third-order valence-electron chi connectivity index (χ3n) is 4.26. The molecule has 0 N–H and O–H groups in total. The van der Waals surface area contributed by atoms with Crippen LogP contribution < -0.4 is 4.90 Å². The molecule has 4 rings (SSSR count). The summed E-state index contributed by atoms with van der Waals surface area (Å²) in [6, 6.07) is 2.90. The smallest absolute Gasteiger partial charge is 0.399 e. The summed E-state index contributed by atoms with van der Waals surface area (Å²) in [5.41, 5.74) is 1.21. The highest BCUT2D eigenvalue weighted by Gasteiger charge is 2.24. The van der Waals surface area contributed by atoms with E-state index in [4.69, 9.17) is 4.42 Å². The van der Waals surface area contributed by atoms with Crippen LogP contribution in [0.4, 0.5) is 11.7 Å². The molecule has 0 spiro atoms. The topological polar surface area (TPSA) is 103 Å². The molecule has 1 fully saturated rings. The summed E-state index contributed by atoms with van der Waals surface area (Å²) in [5.74, 6) is 0.849. The molecule has 0 atom stereocenters. The lowest BCUT2D eigenvalue weighted by Crippen LogP contribution is -2.30. The first kappa shape index (κ1) is 14.6. The standard InChI is InChI=1S/C15H16N6O3/c1-19-14-12(13(18-19)10-5-6-11(24-10)21(22)23)15(17-9-16-14)20-7-3-2-4-8-20/h5-6,9H,2-4,7-8H2,1H3. The van der Waals surface area contributed by atoms with Gasteiger partial charge in [0, 0.05) is 20.1 Å². The third-order valence-corrected chi connectivity index (χ3v) is 4.26. The Bertz CT molecular complexity index is 909. The van der Waals surface area contributed by atoms with E-state index in [9.17, 15) is 10.1 Å². The molecule has 124 valence electrons. The number of fused-ring (bicyclic) bond motifs is 1. The molecule has 0 saturated carbocycles. The highest BCUT2D eigenvalue weighted by atomic mass is 16.6. The Morgan fingerprint density at radius 3 is 2.71 bits per heavy atom. The Balaban J connectivity index is 1.90. The van der Waals surface area contributed by atoms with Crippen LogP contribution in [-0.4, -0.2) is 37.8 Å². The van der Waals surface area contributed by atoms with E-state index in [2.05, 4.69) is 20.0 Å². The van der Waals surface area contributed by atoms with Crippen LogP contribution in [0, 0.1) is 10.1 Å². The van der Waals surface area contributed by atoms with E-state index in [1.807, 2.05) is 0 Å². The Kier molecular flexibility index (Phi) is 3.40. The van der Waals surface area contributed by atoms with E-state index < -0.39 is 4.92 Å². The monoisotopic (exact) mass is 328 g/mol. The quantitative estimate of drug-likeness (QED) is 0.537. The van der Waals surface area contributed by atoms with E-state index in [0.29, 0.717) is 17.1 Å². The summed E-state index contributed by atoms with van der Waals surface area (Å²) >= 11 is 0. The third kappa shape index (κ3) is 2.29. The van der Waals surface area contributed by atoms with Gasteiger partial charge in [0.2, 0.25) is 0 Å². The lowest BCUT2D eigenvalue weighted by Gasteiger charge is -2.28. The van der Waals surface area contributed by atoms with Gasteiger partial charge in [0.1, 0.15) is 22.8 Å². The lowest BCUT2D eigenvalue weighted by molar-refractivity contribution is -0.401. The number of nitrogens with zero attached hydrogens (tertiary/aromatic N) is 6. The second-order valence-corrected chi connectivity index (χ2v) is 5.81. The van der Waals surface area contributed by atoms with Crippen molar-refractivity contribution < 1.29 is 9.34 Å². The number of furan rings is 1. The first-order valence-corrected chi connectivity index (χ1v) is 7.82. The Hall–Kier alpha value is -2.97. The molecule has 3 aromatic rings. The van der Waals surface area contributed by atoms with Crippen molar-refractivity contribution in [1.29, 1.82) is 0 Å². The van der Waals surface area contributed by atoms with Gasteiger partial charge in [0.25, 0.3) is 0 Å². The number of aryl methyl sites for hydroxylation is 1. The second kappa shape index (κ2) is 5.59. The minimum absolute atomic E-state index is 0.305. The molecular formula is C15H16N6O3. The minimum Gasteiger partial charge on any atom is -0.399 e. The van der Waals surface area contributed by atoms with Crippen LogP contribution >= 0.6 is 0 Å². The summed E-state index contributed by atoms with van der Waals surface area (Å²) in [4.78, 5) is 21.3. The van der Waals surface area contributed by atoms with Crippen molar-refractivity contribution >= 4 is 22.7 Å². The molecule has 0 unspecified atom stereocenters. The van der Waals surface area contributed by atoms with E-state index in [1.165, 1.54) is 18.8 Å². The van der Waals surface area contributed by atoms with Crippen LogP contribution in [0.3, 0.4) is 0 Å². The average molecular weight is 328 g/mol. The average Bonchev–Trinajstić information content (AvgIpc) is 3.21. The molecule has 9 heteroatoms. The van der Waals surface area contributed by atoms with Gasteiger partial charge in [-0.15, -0.1) is 0 Å². The number of anilines is 1. The normalized spacial score (nSPS) is 15.1. The van der Waals surface area contributed by atoms with Gasteiger partial charge in [0.15, 0.2) is 11.4 Å². The zero-order valence-electron chi connectivity index (χ0n) is 13.2. The van der Waals surface area contributed by atoms with E-state index in [-0.39, 0.29) is 5.88 Å². The van der Waals surface area contributed by atoms with Crippen molar-refractivity contribution in [3.8, 4) is 11.5 Å². The van der Waals surface area contributed by atoms with Crippen LogP contribution in [0.25, 0.3) is 22.5 Å². The number of aromatic nitrogens is 4. The van der Waals surface area contributed by atoms with Crippen LogP contribution in [0.5, 0.6) is 0 Å². The van der Waals surface area contributed by atoms with Gasteiger partial charge < -0.3 is 9.32 Å². The summed E-state index contributed by atoms with van der Waals surface area (Å²) in [5, 5.41) is 16.1. The molecule has 1 aliphatic rings. The maximum atomic E-state index is 10.9. The molecule has 1 aliphatic heterocycles. The van der Waals surface area contributed by atoms with Crippen LogP contribution in [0.1, 0.15) is 19.3 Å². The Labute approximate surface area is 137 Å². The van der Waals surface area contributed by atoms with Gasteiger partial charge >= 0.3 is 5.88 Å². The zero-order valence-corrected chi connectivity index (χ0v) is 13.2. The van der Waals surface area contributed by atoms with E-state index >= 15 is 0 Å². The first-order chi connectivity index (χ1) is 11.6. The predicted octanol–water partition coefficient (Wildman–Crippen LogP) is 2.52. The van der Waals surface area contributed by atoms with Gasteiger partial charge in [-0.1, -0.05) is 0 Å². The van der Waals surface area contributed by atoms with Crippen LogP contribution in [0.15, 0.2) is 22.9 Å². The number of rotatable bonds is 3. The SMILES string of the molecule is Cn1nc(-c2ccc([N+](=O)[O-])o2)c2c(N3CCCCC3)ncnc21. The van der Waals surface area contributed by atoms with Crippen LogP contribution in [0.2, 0.25) is 0 Å². The van der Waals surface area contributed by atoms with E-state index in [1.54, 1.807) is 17.8 Å².